The van der Waals surface area contributed by atoms with Crippen LogP contribution in [0.4, 0.5) is 5.69 Å². The van der Waals surface area contributed by atoms with Crippen molar-refractivity contribution in [1.29, 1.82) is 0 Å². The molecule has 8 nitrogen and oxygen atoms in total. The number of amides is 1. The van der Waals surface area contributed by atoms with Crippen molar-refractivity contribution >= 4 is 44.3 Å². The molecule has 33 heavy (non-hydrogen) atoms. The monoisotopic (exact) mass is 482 g/mol. The topological polar surface area (TPSA) is 105 Å². The van der Waals surface area contributed by atoms with Gasteiger partial charge in [-0.3, -0.25) is 4.79 Å². The number of fused-ring (bicyclic) bond motifs is 1. The minimum atomic E-state index is -3.60. The quantitative estimate of drug-likeness (QED) is 0.310. The Balaban J connectivity index is 1.58. The molecule has 2 aromatic heterocycles. The van der Waals surface area contributed by atoms with E-state index in [0.717, 1.165) is 15.2 Å². The van der Waals surface area contributed by atoms with Crippen LogP contribution in [0.5, 0.6) is 0 Å². The summed E-state index contributed by atoms with van der Waals surface area (Å²) in [5, 5.41) is 3.77. The van der Waals surface area contributed by atoms with Gasteiger partial charge in [-0.15, -0.1) is 0 Å². The molecular formula is C23H22N4O4S2. The maximum absolute atomic E-state index is 12.9. The molecular weight excluding hydrogens is 460 g/mol. The van der Waals surface area contributed by atoms with Crippen LogP contribution in [0, 0.1) is 0 Å². The van der Waals surface area contributed by atoms with Gasteiger partial charge < -0.3 is 9.73 Å². The minimum absolute atomic E-state index is 0.107. The van der Waals surface area contributed by atoms with Crippen LogP contribution >= 0.6 is 11.8 Å². The van der Waals surface area contributed by atoms with Gasteiger partial charge in [0.05, 0.1) is 21.9 Å². The van der Waals surface area contributed by atoms with Gasteiger partial charge in [0.15, 0.2) is 11.6 Å². The van der Waals surface area contributed by atoms with E-state index in [1.165, 1.54) is 38.0 Å². The number of carbonyl (C=O) groups is 1. The number of carbonyl (C=O) groups excluding carboxylic acids is 1. The van der Waals surface area contributed by atoms with E-state index < -0.39 is 15.3 Å². The lowest BCUT2D eigenvalue weighted by molar-refractivity contribution is -0.115. The average Bonchev–Trinajstić information content (AvgIpc) is 3.34. The Bertz CT molecular complexity index is 1400. The van der Waals surface area contributed by atoms with Crippen molar-refractivity contribution < 1.29 is 17.6 Å². The molecule has 1 unspecified atom stereocenters. The fourth-order valence-electron chi connectivity index (χ4n) is 3.06. The van der Waals surface area contributed by atoms with E-state index in [1.807, 2.05) is 24.3 Å². The van der Waals surface area contributed by atoms with Crippen LogP contribution < -0.4 is 5.32 Å². The predicted molar refractivity (Wildman–Crippen MR) is 129 cm³/mol. The lowest BCUT2D eigenvalue weighted by atomic mass is 10.2. The van der Waals surface area contributed by atoms with Crippen LogP contribution in [-0.2, 0) is 14.8 Å². The standard InChI is InChI=1S/C23H22N4O4S2/c1-15(22(28)24-16-8-6-9-17(14-16)33(29,30)27(2)3)32-23-18-10-4-5-11-19(18)25-21(26-23)20-12-7-13-31-20/h4-15H,1-3H3,(H,24,28). The number of aromatic nitrogens is 2. The molecule has 0 saturated heterocycles. The molecule has 10 heteroatoms. The summed E-state index contributed by atoms with van der Waals surface area (Å²) in [6.45, 7) is 1.77. The summed E-state index contributed by atoms with van der Waals surface area (Å²) in [4.78, 5) is 22.2. The zero-order chi connectivity index (χ0) is 23.6. The molecule has 0 aliphatic rings. The van der Waals surface area contributed by atoms with E-state index >= 15 is 0 Å². The van der Waals surface area contributed by atoms with Crippen LogP contribution in [0.2, 0.25) is 0 Å². The third kappa shape index (κ3) is 4.92. The fraction of sp³-hybridized carbons (Fsp3) is 0.174. The summed E-state index contributed by atoms with van der Waals surface area (Å²) in [7, 11) is -0.682. The van der Waals surface area contributed by atoms with Gasteiger partial charge in [0.1, 0.15) is 5.03 Å². The zero-order valence-corrected chi connectivity index (χ0v) is 19.9. The maximum Gasteiger partial charge on any atom is 0.242 e. The van der Waals surface area contributed by atoms with E-state index in [9.17, 15) is 13.2 Å². The van der Waals surface area contributed by atoms with E-state index in [2.05, 4.69) is 15.3 Å². The second-order valence-corrected chi connectivity index (χ2v) is 10.9. The largest absolute Gasteiger partial charge is 0.461 e. The minimum Gasteiger partial charge on any atom is -0.461 e. The van der Waals surface area contributed by atoms with Gasteiger partial charge in [0.25, 0.3) is 0 Å². The molecule has 2 heterocycles. The number of hydrogen-bond acceptors (Lipinski definition) is 7. The van der Waals surface area contributed by atoms with Gasteiger partial charge >= 0.3 is 0 Å². The summed E-state index contributed by atoms with van der Waals surface area (Å²) >= 11 is 1.30. The van der Waals surface area contributed by atoms with Crippen molar-refractivity contribution in [3.8, 4) is 11.6 Å². The number of furan rings is 1. The van der Waals surface area contributed by atoms with Crippen molar-refractivity contribution in [2.45, 2.75) is 22.1 Å². The highest BCUT2D eigenvalue weighted by atomic mass is 32.2. The zero-order valence-electron chi connectivity index (χ0n) is 18.2. The lowest BCUT2D eigenvalue weighted by Crippen LogP contribution is -2.24. The summed E-state index contributed by atoms with van der Waals surface area (Å²) in [6.07, 6.45) is 1.56. The first-order valence-electron chi connectivity index (χ1n) is 10.1. The molecule has 0 fully saturated rings. The van der Waals surface area contributed by atoms with Gasteiger partial charge in [-0.05, 0) is 43.3 Å². The second kappa shape index (κ2) is 9.34. The first kappa shape index (κ1) is 23.0. The van der Waals surface area contributed by atoms with Gasteiger partial charge in [0, 0.05) is 25.2 Å². The number of benzene rings is 2. The highest BCUT2D eigenvalue weighted by Gasteiger charge is 2.21. The average molecular weight is 483 g/mol. The smallest absolute Gasteiger partial charge is 0.242 e. The van der Waals surface area contributed by atoms with Gasteiger partial charge in [-0.2, -0.15) is 0 Å². The van der Waals surface area contributed by atoms with E-state index in [4.69, 9.17) is 4.42 Å². The predicted octanol–water partition coefficient (Wildman–Crippen LogP) is 4.26. The summed E-state index contributed by atoms with van der Waals surface area (Å²) < 4.78 is 31.3. The number of sulfonamides is 1. The lowest BCUT2D eigenvalue weighted by Gasteiger charge is -2.15. The van der Waals surface area contributed by atoms with E-state index in [1.54, 1.807) is 37.5 Å². The highest BCUT2D eigenvalue weighted by molar-refractivity contribution is 8.00. The van der Waals surface area contributed by atoms with E-state index in [0.29, 0.717) is 22.3 Å². The molecule has 2 aromatic carbocycles. The van der Waals surface area contributed by atoms with Crippen LogP contribution in [0.1, 0.15) is 6.92 Å². The van der Waals surface area contributed by atoms with Crippen LogP contribution in [0.3, 0.4) is 0 Å². The van der Waals surface area contributed by atoms with E-state index in [-0.39, 0.29) is 10.8 Å². The molecule has 0 radical (unpaired) electrons. The van der Waals surface area contributed by atoms with Crippen molar-refractivity contribution in [1.82, 2.24) is 14.3 Å². The normalized spacial score (nSPS) is 12.7. The summed E-state index contributed by atoms with van der Waals surface area (Å²) in [5.41, 5.74) is 1.15. The van der Waals surface area contributed by atoms with Crippen molar-refractivity contribution in [3.63, 3.8) is 0 Å². The van der Waals surface area contributed by atoms with Crippen LogP contribution in [-0.4, -0.2) is 47.9 Å². The van der Waals surface area contributed by atoms with Crippen LogP contribution in [0.25, 0.3) is 22.5 Å². The first-order chi connectivity index (χ1) is 15.8. The molecule has 0 bridgehead atoms. The van der Waals surface area contributed by atoms with Gasteiger partial charge in [0.2, 0.25) is 15.9 Å². The molecule has 1 atom stereocenters. The van der Waals surface area contributed by atoms with Crippen molar-refractivity contribution in [2.24, 2.45) is 0 Å². The Morgan fingerprint density at radius 1 is 1.06 bits per heavy atom. The molecule has 1 amide bonds. The number of nitrogens with zero attached hydrogens (tertiary/aromatic N) is 3. The molecule has 0 saturated carbocycles. The molecule has 4 rings (SSSR count). The number of nitrogens with one attached hydrogen (secondary N) is 1. The Hall–Kier alpha value is -3.21. The molecule has 0 aliphatic carbocycles. The second-order valence-electron chi connectivity index (χ2n) is 7.41. The van der Waals surface area contributed by atoms with Gasteiger partial charge in [-0.25, -0.2) is 22.7 Å². The SMILES string of the molecule is CC(Sc1nc(-c2ccco2)nc2ccccc12)C(=O)Nc1cccc(S(=O)(=O)N(C)C)c1. The molecule has 170 valence electrons. The summed E-state index contributed by atoms with van der Waals surface area (Å²) in [6, 6.07) is 17.3. The van der Waals surface area contributed by atoms with Crippen molar-refractivity contribution in [2.75, 3.05) is 19.4 Å². The molecule has 1 N–H and O–H groups in total. The third-order valence-corrected chi connectivity index (χ3v) is 7.76. The Morgan fingerprint density at radius 3 is 2.58 bits per heavy atom. The molecule has 4 aromatic rings. The number of rotatable bonds is 7. The molecule has 0 spiro atoms. The Morgan fingerprint density at radius 2 is 1.85 bits per heavy atom. The first-order valence-corrected chi connectivity index (χ1v) is 12.4. The summed E-state index contributed by atoms with van der Waals surface area (Å²) in [5.74, 6) is 0.704. The Labute approximate surface area is 196 Å². The third-order valence-electron chi connectivity index (χ3n) is 4.85. The number of thioether (sulfide) groups is 1. The van der Waals surface area contributed by atoms with Gasteiger partial charge in [-0.1, -0.05) is 36.0 Å². The number of para-hydroxylation sites is 1. The number of hydrogen-bond donors (Lipinski definition) is 1. The molecule has 0 aliphatic heterocycles. The highest BCUT2D eigenvalue weighted by Crippen LogP contribution is 2.31. The maximum atomic E-state index is 12.9. The Kier molecular flexibility index (Phi) is 6.50. The fourth-order valence-corrected chi connectivity index (χ4v) is 4.95. The van der Waals surface area contributed by atoms with Crippen molar-refractivity contribution in [3.05, 3.63) is 66.9 Å². The van der Waals surface area contributed by atoms with Crippen LogP contribution in [0.15, 0.2) is 81.3 Å². The number of anilines is 1.